The van der Waals surface area contributed by atoms with E-state index < -0.39 is 28.3 Å². The largest absolute Gasteiger partial charge is 0.496 e. The predicted molar refractivity (Wildman–Crippen MR) is 96.7 cm³/mol. The summed E-state index contributed by atoms with van der Waals surface area (Å²) in [6.07, 6.45) is 2.37. The second-order valence-electron chi connectivity index (χ2n) is 7.29. The number of nitro benzene ring substituents is 1. The lowest BCUT2D eigenvalue weighted by Crippen LogP contribution is -2.43. The highest BCUT2D eigenvalue weighted by molar-refractivity contribution is 5.96. The van der Waals surface area contributed by atoms with Crippen LogP contribution in [0.1, 0.15) is 26.2 Å². The van der Waals surface area contributed by atoms with Gasteiger partial charge in [-0.1, -0.05) is 6.42 Å². The number of fused-ring (bicyclic) bond motifs is 1. The van der Waals surface area contributed by atoms with Crippen LogP contribution in [-0.4, -0.2) is 53.0 Å². The first-order valence-electron chi connectivity index (χ1n) is 8.89. The van der Waals surface area contributed by atoms with E-state index in [1.165, 1.54) is 25.3 Å². The van der Waals surface area contributed by atoms with Crippen molar-refractivity contribution in [2.75, 3.05) is 25.5 Å². The number of likely N-dealkylation sites (tertiary alicyclic amines) is 1. The van der Waals surface area contributed by atoms with Crippen LogP contribution in [0.3, 0.4) is 0 Å². The Hall–Kier alpha value is -2.68. The number of benzene rings is 1. The van der Waals surface area contributed by atoms with Gasteiger partial charge in [0, 0.05) is 13.1 Å². The summed E-state index contributed by atoms with van der Waals surface area (Å²) in [4.78, 5) is 37.0. The van der Waals surface area contributed by atoms with Gasteiger partial charge in [-0.25, -0.2) is 0 Å². The summed E-state index contributed by atoms with van der Waals surface area (Å²) in [6, 6.07) is 3.62. The molecule has 1 aromatic carbocycles. The molecular formula is C18H23N3O6. The molecule has 0 aromatic heterocycles. The number of amides is 1. The fourth-order valence-electron chi connectivity index (χ4n) is 4.27. The monoisotopic (exact) mass is 377 g/mol. The second-order valence-corrected chi connectivity index (χ2v) is 7.29. The first-order valence-corrected chi connectivity index (χ1v) is 8.89. The van der Waals surface area contributed by atoms with Crippen LogP contribution >= 0.6 is 0 Å². The Bertz CT molecular complexity index is 782. The molecule has 3 rings (SSSR count). The summed E-state index contributed by atoms with van der Waals surface area (Å²) in [5.41, 5.74) is -0.944. The quantitative estimate of drug-likeness (QED) is 0.575. The Morgan fingerprint density at radius 2 is 2.22 bits per heavy atom. The van der Waals surface area contributed by atoms with Crippen molar-refractivity contribution in [3.8, 4) is 5.75 Å². The van der Waals surface area contributed by atoms with Crippen molar-refractivity contribution < 1.29 is 24.4 Å². The normalized spacial score (nSPS) is 25.6. The molecule has 2 N–H and O–H groups in total. The van der Waals surface area contributed by atoms with Crippen LogP contribution in [0.15, 0.2) is 18.2 Å². The minimum absolute atomic E-state index is 0.0422. The number of hydrogen-bond donors (Lipinski definition) is 2. The summed E-state index contributed by atoms with van der Waals surface area (Å²) in [5.74, 6) is -0.834. The molecule has 2 aliphatic rings. The number of anilines is 1. The van der Waals surface area contributed by atoms with Gasteiger partial charge in [0.05, 0.1) is 29.6 Å². The van der Waals surface area contributed by atoms with E-state index in [2.05, 4.69) is 5.32 Å². The second kappa shape index (κ2) is 7.15. The molecule has 1 aliphatic carbocycles. The molecule has 9 nitrogen and oxygen atoms in total. The summed E-state index contributed by atoms with van der Waals surface area (Å²) in [7, 11) is 1.40. The standard InChI is InChI=1S/C18H23N3O6/c1-11(20-9-12-4-3-7-18(12,10-20)17(23)24)16(22)19-14-6-5-13(27-2)8-15(14)21(25)26/h5-6,8,11-12H,3-4,7,9-10H2,1-2H3,(H,19,22)(H,23,24)/t11?,12-,18+/m0/s1. The number of carbonyl (C=O) groups is 2. The number of ether oxygens (including phenoxy) is 1. The maximum Gasteiger partial charge on any atom is 0.311 e. The van der Waals surface area contributed by atoms with Gasteiger partial charge in [-0.05, 0) is 37.8 Å². The number of hydrogen-bond acceptors (Lipinski definition) is 6. The Balaban J connectivity index is 1.74. The van der Waals surface area contributed by atoms with Crippen LogP contribution in [0.2, 0.25) is 0 Å². The number of carboxylic acid groups (broad SMARTS) is 1. The van der Waals surface area contributed by atoms with Gasteiger partial charge in [-0.3, -0.25) is 24.6 Å². The van der Waals surface area contributed by atoms with E-state index in [1.54, 1.807) is 6.92 Å². The van der Waals surface area contributed by atoms with Gasteiger partial charge in [-0.15, -0.1) is 0 Å². The molecule has 27 heavy (non-hydrogen) atoms. The van der Waals surface area contributed by atoms with Crippen LogP contribution in [0, 0.1) is 21.4 Å². The number of nitrogens with zero attached hydrogens (tertiary/aromatic N) is 2. The topological polar surface area (TPSA) is 122 Å². The highest BCUT2D eigenvalue weighted by atomic mass is 16.6. The average molecular weight is 377 g/mol. The molecule has 1 amide bonds. The number of carboxylic acids is 1. The fraction of sp³-hybridized carbons (Fsp3) is 0.556. The number of methoxy groups -OCH3 is 1. The molecule has 0 radical (unpaired) electrons. The van der Waals surface area contributed by atoms with Gasteiger partial charge in [0.15, 0.2) is 0 Å². The molecule has 1 aromatic rings. The Morgan fingerprint density at radius 3 is 2.81 bits per heavy atom. The third-order valence-corrected chi connectivity index (χ3v) is 5.91. The van der Waals surface area contributed by atoms with Crippen LogP contribution in [-0.2, 0) is 9.59 Å². The van der Waals surface area contributed by atoms with E-state index in [0.717, 1.165) is 12.8 Å². The molecule has 1 heterocycles. The zero-order valence-electron chi connectivity index (χ0n) is 15.3. The zero-order chi connectivity index (χ0) is 19.8. The Morgan fingerprint density at radius 1 is 1.48 bits per heavy atom. The lowest BCUT2D eigenvalue weighted by Gasteiger charge is -2.26. The highest BCUT2D eigenvalue weighted by Crippen LogP contribution is 2.49. The van der Waals surface area contributed by atoms with Crippen molar-refractivity contribution in [1.82, 2.24) is 4.90 Å². The highest BCUT2D eigenvalue weighted by Gasteiger charge is 2.55. The summed E-state index contributed by atoms with van der Waals surface area (Å²) >= 11 is 0. The van der Waals surface area contributed by atoms with Gasteiger partial charge < -0.3 is 15.2 Å². The first kappa shape index (κ1) is 19.1. The minimum atomic E-state index is -0.800. The Labute approximate surface area is 156 Å². The smallest absolute Gasteiger partial charge is 0.311 e. The minimum Gasteiger partial charge on any atom is -0.496 e. The van der Waals surface area contributed by atoms with E-state index in [1.807, 2.05) is 4.90 Å². The molecule has 9 heteroatoms. The number of carbonyl (C=O) groups excluding carboxylic acids is 1. The molecule has 146 valence electrons. The third-order valence-electron chi connectivity index (χ3n) is 5.91. The molecule has 1 saturated heterocycles. The van der Waals surface area contributed by atoms with Crippen LogP contribution in [0.5, 0.6) is 5.75 Å². The number of nitrogens with one attached hydrogen (secondary N) is 1. The number of rotatable bonds is 6. The van der Waals surface area contributed by atoms with Crippen molar-refractivity contribution >= 4 is 23.3 Å². The molecule has 1 aliphatic heterocycles. The molecule has 1 unspecified atom stereocenters. The average Bonchev–Trinajstić information content (AvgIpc) is 3.19. The molecular weight excluding hydrogens is 354 g/mol. The van der Waals surface area contributed by atoms with Gasteiger partial charge in [0.2, 0.25) is 5.91 Å². The maximum absolute atomic E-state index is 12.7. The van der Waals surface area contributed by atoms with E-state index in [4.69, 9.17) is 4.74 Å². The number of nitro groups is 1. The van der Waals surface area contributed by atoms with Crippen molar-refractivity contribution in [2.45, 2.75) is 32.2 Å². The van der Waals surface area contributed by atoms with Crippen molar-refractivity contribution in [3.63, 3.8) is 0 Å². The van der Waals surface area contributed by atoms with Gasteiger partial charge in [0.25, 0.3) is 5.69 Å². The fourth-order valence-corrected chi connectivity index (χ4v) is 4.27. The maximum atomic E-state index is 12.7. The van der Waals surface area contributed by atoms with Gasteiger partial charge >= 0.3 is 5.97 Å². The van der Waals surface area contributed by atoms with Gasteiger partial charge in [0.1, 0.15) is 11.4 Å². The SMILES string of the molecule is COc1ccc(NC(=O)C(C)N2C[C@@H]3CCC[C@@]3(C(=O)O)C2)c([N+](=O)[O-])c1. The van der Waals surface area contributed by atoms with Crippen LogP contribution in [0.25, 0.3) is 0 Å². The van der Waals surface area contributed by atoms with Crippen LogP contribution in [0.4, 0.5) is 11.4 Å². The lowest BCUT2D eigenvalue weighted by molar-refractivity contribution is -0.384. The molecule has 3 atom stereocenters. The summed E-state index contributed by atoms with van der Waals surface area (Å²) in [5, 5.41) is 23.6. The van der Waals surface area contributed by atoms with E-state index in [9.17, 15) is 24.8 Å². The molecule has 2 fully saturated rings. The zero-order valence-corrected chi connectivity index (χ0v) is 15.3. The molecule has 1 saturated carbocycles. The summed E-state index contributed by atoms with van der Waals surface area (Å²) in [6.45, 7) is 2.57. The van der Waals surface area contributed by atoms with E-state index in [-0.39, 0.29) is 17.3 Å². The van der Waals surface area contributed by atoms with Gasteiger partial charge in [-0.2, -0.15) is 0 Å². The lowest BCUT2D eigenvalue weighted by atomic mass is 9.81. The summed E-state index contributed by atoms with van der Waals surface area (Å²) < 4.78 is 4.99. The predicted octanol–water partition coefficient (Wildman–Crippen LogP) is 2.12. The van der Waals surface area contributed by atoms with E-state index >= 15 is 0 Å². The van der Waals surface area contributed by atoms with Crippen molar-refractivity contribution in [3.05, 3.63) is 28.3 Å². The van der Waals surface area contributed by atoms with Crippen molar-refractivity contribution in [1.29, 1.82) is 0 Å². The van der Waals surface area contributed by atoms with E-state index in [0.29, 0.717) is 25.3 Å². The molecule has 0 bridgehead atoms. The molecule has 0 spiro atoms. The van der Waals surface area contributed by atoms with Crippen molar-refractivity contribution in [2.24, 2.45) is 11.3 Å². The number of aliphatic carboxylic acids is 1. The van der Waals surface area contributed by atoms with Crippen LogP contribution < -0.4 is 10.1 Å². The first-order chi connectivity index (χ1) is 12.8. The third kappa shape index (κ3) is 3.34. The Kier molecular flexibility index (Phi) is 5.05.